The molecule has 0 aromatic heterocycles. The summed E-state index contributed by atoms with van der Waals surface area (Å²) in [5.74, 6) is 0.875. The molecular weight excluding hydrogens is 453 g/mol. The monoisotopic (exact) mass is 487 g/mol. The third kappa shape index (κ3) is 8.04. The zero-order chi connectivity index (χ0) is 18.8. The summed E-state index contributed by atoms with van der Waals surface area (Å²) >= 11 is 0. The van der Waals surface area contributed by atoms with Crippen molar-refractivity contribution in [1.82, 2.24) is 15.5 Å². The van der Waals surface area contributed by atoms with E-state index in [2.05, 4.69) is 32.8 Å². The van der Waals surface area contributed by atoms with Gasteiger partial charge in [0.15, 0.2) is 5.96 Å². The second-order valence-corrected chi connectivity index (χ2v) is 6.73. The van der Waals surface area contributed by atoms with Crippen molar-refractivity contribution in [2.24, 2.45) is 4.99 Å². The minimum Gasteiger partial charge on any atom is -0.355 e. The van der Waals surface area contributed by atoms with Crippen molar-refractivity contribution in [2.45, 2.75) is 52.1 Å². The maximum Gasteiger partial charge on any atom is 0.224 e. The predicted octanol–water partition coefficient (Wildman–Crippen LogP) is 3.19. The average Bonchev–Trinajstić information content (AvgIpc) is 3.10. The first-order valence-electron chi connectivity index (χ1n) is 9.73. The normalized spacial score (nSPS) is 17.3. The van der Waals surface area contributed by atoms with Crippen molar-refractivity contribution >= 4 is 41.5 Å². The van der Waals surface area contributed by atoms with E-state index in [4.69, 9.17) is 0 Å². The molecule has 2 rings (SSSR count). The lowest BCUT2D eigenvalue weighted by molar-refractivity contribution is -0.116. The molecular formula is C20H34IN5O. The Labute approximate surface area is 180 Å². The number of nitrogens with one attached hydrogen (secondary N) is 3. The number of anilines is 1. The van der Waals surface area contributed by atoms with Crippen molar-refractivity contribution in [3.05, 3.63) is 29.8 Å². The molecule has 0 saturated carbocycles. The van der Waals surface area contributed by atoms with E-state index in [1.807, 2.05) is 31.2 Å². The first-order chi connectivity index (χ1) is 12.7. The molecule has 0 radical (unpaired) electrons. The van der Waals surface area contributed by atoms with Gasteiger partial charge in [-0.3, -0.25) is 14.7 Å². The summed E-state index contributed by atoms with van der Waals surface area (Å²) < 4.78 is 0. The topological polar surface area (TPSA) is 68.8 Å². The fraction of sp³-hybridized carbons (Fsp3) is 0.600. The maximum atomic E-state index is 11.7. The standard InChI is InChI=1S/C20H33N5O.HI/c1-4-8-19(26)24-17-10-6-9-16(13-17)14-22-20(21-3)23-15-18-11-7-12-25(18)5-2;/h6,9-10,13,18H,4-5,7-8,11-12,14-15H2,1-3H3,(H,24,26)(H2,21,22,23);1H. The van der Waals surface area contributed by atoms with Crippen LogP contribution in [-0.2, 0) is 11.3 Å². The van der Waals surface area contributed by atoms with Crippen molar-refractivity contribution in [3.8, 4) is 0 Å². The van der Waals surface area contributed by atoms with Gasteiger partial charge >= 0.3 is 0 Å². The molecule has 1 saturated heterocycles. The summed E-state index contributed by atoms with van der Waals surface area (Å²) in [6, 6.07) is 8.53. The second kappa shape index (κ2) is 12.9. The summed E-state index contributed by atoms with van der Waals surface area (Å²) in [5.41, 5.74) is 1.95. The number of guanidine groups is 1. The van der Waals surface area contributed by atoms with E-state index in [1.165, 1.54) is 19.4 Å². The number of halogens is 1. The number of likely N-dealkylation sites (tertiary alicyclic amines) is 1. The number of carbonyl (C=O) groups is 1. The van der Waals surface area contributed by atoms with Crippen LogP contribution in [0.2, 0.25) is 0 Å². The molecule has 1 aromatic rings. The predicted molar refractivity (Wildman–Crippen MR) is 124 cm³/mol. The van der Waals surface area contributed by atoms with Crippen molar-refractivity contribution in [2.75, 3.05) is 32.0 Å². The number of benzene rings is 1. The van der Waals surface area contributed by atoms with Crippen LogP contribution in [0.3, 0.4) is 0 Å². The molecule has 27 heavy (non-hydrogen) atoms. The van der Waals surface area contributed by atoms with Crippen LogP contribution in [0.1, 0.15) is 45.1 Å². The zero-order valence-corrected chi connectivity index (χ0v) is 19.1. The van der Waals surface area contributed by atoms with E-state index in [1.54, 1.807) is 7.05 Å². The zero-order valence-electron chi connectivity index (χ0n) is 16.8. The Hall–Kier alpha value is -1.35. The molecule has 0 aliphatic carbocycles. The lowest BCUT2D eigenvalue weighted by Gasteiger charge is -2.24. The van der Waals surface area contributed by atoms with Crippen LogP contribution in [0.4, 0.5) is 5.69 Å². The number of aliphatic imine (C=N–C) groups is 1. The fourth-order valence-electron chi connectivity index (χ4n) is 3.37. The van der Waals surface area contributed by atoms with E-state index in [0.29, 0.717) is 19.0 Å². The summed E-state index contributed by atoms with van der Waals surface area (Å²) in [5, 5.41) is 9.73. The number of hydrogen-bond acceptors (Lipinski definition) is 3. The molecule has 1 amide bonds. The van der Waals surface area contributed by atoms with Crippen LogP contribution >= 0.6 is 24.0 Å². The third-order valence-electron chi connectivity index (χ3n) is 4.78. The molecule has 6 nitrogen and oxygen atoms in total. The highest BCUT2D eigenvalue weighted by molar-refractivity contribution is 14.0. The Bertz CT molecular complexity index is 608. The second-order valence-electron chi connectivity index (χ2n) is 6.73. The summed E-state index contributed by atoms with van der Waals surface area (Å²) in [6.45, 7) is 8.11. The van der Waals surface area contributed by atoms with Crippen LogP contribution in [0.5, 0.6) is 0 Å². The smallest absolute Gasteiger partial charge is 0.224 e. The van der Waals surface area contributed by atoms with Crippen molar-refractivity contribution in [1.29, 1.82) is 0 Å². The van der Waals surface area contributed by atoms with Crippen LogP contribution in [0, 0.1) is 0 Å². The van der Waals surface area contributed by atoms with E-state index >= 15 is 0 Å². The Morgan fingerprint density at radius 1 is 1.30 bits per heavy atom. The van der Waals surface area contributed by atoms with Gasteiger partial charge in [-0.15, -0.1) is 24.0 Å². The molecule has 7 heteroatoms. The van der Waals surface area contributed by atoms with E-state index < -0.39 is 0 Å². The lowest BCUT2D eigenvalue weighted by Crippen LogP contribution is -2.44. The van der Waals surface area contributed by atoms with Crippen LogP contribution in [0.25, 0.3) is 0 Å². The van der Waals surface area contributed by atoms with Gasteiger partial charge in [0.2, 0.25) is 5.91 Å². The van der Waals surface area contributed by atoms with Gasteiger partial charge in [-0.1, -0.05) is 26.0 Å². The Balaban J connectivity index is 0.00000364. The highest BCUT2D eigenvalue weighted by Crippen LogP contribution is 2.15. The van der Waals surface area contributed by atoms with Crippen molar-refractivity contribution < 1.29 is 4.79 Å². The Kier molecular flexibility index (Phi) is 11.3. The molecule has 0 spiro atoms. The van der Waals surface area contributed by atoms with Gasteiger partial charge in [0.05, 0.1) is 0 Å². The number of rotatable bonds is 8. The summed E-state index contributed by atoms with van der Waals surface area (Å²) in [6.07, 6.45) is 3.93. The first kappa shape index (κ1) is 23.7. The van der Waals surface area contributed by atoms with E-state index in [0.717, 1.165) is 36.7 Å². The number of amides is 1. The van der Waals surface area contributed by atoms with Gasteiger partial charge in [-0.2, -0.15) is 0 Å². The average molecular weight is 487 g/mol. The number of nitrogens with zero attached hydrogens (tertiary/aromatic N) is 2. The molecule has 1 aromatic carbocycles. The molecule has 1 aliphatic rings. The minimum atomic E-state index is 0. The molecule has 1 aliphatic heterocycles. The van der Waals surface area contributed by atoms with Gasteiger partial charge in [-0.05, 0) is 50.0 Å². The van der Waals surface area contributed by atoms with Gasteiger partial charge in [0.25, 0.3) is 0 Å². The fourth-order valence-corrected chi connectivity index (χ4v) is 3.37. The van der Waals surface area contributed by atoms with Crippen LogP contribution in [-0.4, -0.2) is 49.5 Å². The lowest BCUT2D eigenvalue weighted by atomic mass is 10.2. The number of carbonyl (C=O) groups excluding carboxylic acids is 1. The quantitative estimate of drug-likeness (QED) is 0.299. The van der Waals surface area contributed by atoms with E-state index in [-0.39, 0.29) is 29.9 Å². The largest absolute Gasteiger partial charge is 0.355 e. The van der Waals surface area contributed by atoms with Gasteiger partial charge in [0.1, 0.15) is 0 Å². The Morgan fingerprint density at radius 2 is 2.11 bits per heavy atom. The molecule has 152 valence electrons. The molecule has 1 atom stereocenters. The van der Waals surface area contributed by atoms with Crippen LogP contribution < -0.4 is 16.0 Å². The van der Waals surface area contributed by atoms with Gasteiger partial charge < -0.3 is 16.0 Å². The van der Waals surface area contributed by atoms with Crippen LogP contribution in [0.15, 0.2) is 29.3 Å². The van der Waals surface area contributed by atoms with Gasteiger partial charge in [0, 0.05) is 38.3 Å². The van der Waals surface area contributed by atoms with E-state index in [9.17, 15) is 4.79 Å². The molecule has 1 fully saturated rings. The summed E-state index contributed by atoms with van der Waals surface area (Å²) in [4.78, 5) is 18.6. The third-order valence-corrected chi connectivity index (χ3v) is 4.78. The number of likely N-dealkylation sites (N-methyl/N-ethyl adjacent to an activating group) is 1. The highest BCUT2D eigenvalue weighted by atomic mass is 127. The molecule has 3 N–H and O–H groups in total. The molecule has 0 bridgehead atoms. The molecule has 1 heterocycles. The highest BCUT2D eigenvalue weighted by Gasteiger charge is 2.22. The maximum absolute atomic E-state index is 11.7. The summed E-state index contributed by atoms with van der Waals surface area (Å²) in [7, 11) is 1.79. The molecule has 1 unspecified atom stereocenters. The minimum absolute atomic E-state index is 0. The number of hydrogen-bond donors (Lipinski definition) is 3. The SMILES string of the molecule is CCCC(=O)Nc1cccc(CNC(=NC)NCC2CCCN2CC)c1.I. The van der Waals surface area contributed by atoms with Crippen molar-refractivity contribution in [3.63, 3.8) is 0 Å². The van der Waals surface area contributed by atoms with Gasteiger partial charge in [-0.25, -0.2) is 0 Å². The Morgan fingerprint density at radius 3 is 2.81 bits per heavy atom. The first-order valence-corrected chi connectivity index (χ1v) is 9.73.